The highest BCUT2D eigenvalue weighted by Crippen LogP contribution is 2.42. The van der Waals surface area contributed by atoms with Gasteiger partial charge in [-0.15, -0.1) is 11.3 Å². The first kappa shape index (κ1) is 18.5. The largest absolute Gasteiger partial charge is 0.354 e. The Hall–Kier alpha value is -2.28. The molecular weight excluding hydrogens is 358 g/mol. The summed E-state index contributed by atoms with van der Waals surface area (Å²) in [6, 6.07) is 7.00. The first-order valence-corrected chi connectivity index (χ1v) is 9.42. The quantitative estimate of drug-likeness (QED) is 0.810. The fourth-order valence-electron chi connectivity index (χ4n) is 3.37. The zero-order valence-electron chi connectivity index (χ0n) is 14.2. The highest BCUT2D eigenvalue weighted by Gasteiger charge is 2.36. The molecule has 0 unspecified atom stereocenters. The second-order valence-corrected chi connectivity index (χ2v) is 7.50. The van der Waals surface area contributed by atoms with Gasteiger partial charge in [-0.1, -0.05) is 18.9 Å². The van der Waals surface area contributed by atoms with Crippen molar-refractivity contribution < 1.29 is 18.4 Å². The minimum Gasteiger partial charge on any atom is -0.354 e. The fraction of sp³-hybridized carbons (Fsp3) is 0.368. The second-order valence-electron chi connectivity index (χ2n) is 6.55. The van der Waals surface area contributed by atoms with Crippen molar-refractivity contribution in [2.45, 2.75) is 31.1 Å². The zero-order chi connectivity index (χ0) is 18.6. The van der Waals surface area contributed by atoms with Gasteiger partial charge in [-0.3, -0.25) is 9.59 Å². The van der Waals surface area contributed by atoms with E-state index in [-0.39, 0.29) is 23.4 Å². The van der Waals surface area contributed by atoms with Crippen LogP contribution >= 0.6 is 11.3 Å². The minimum atomic E-state index is -1.10. The zero-order valence-corrected chi connectivity index (χ0v) is 15.0. The Bertz CT molecular complexity index is 787. The van der Waals surface area contributed by atoms with Gasteiger partial charge in [0, 0.05) is 22.4 Å². The van der Waals surface area contributed by atoms with Gasteiger partial charge in [0.25, 0.3) is 5.91 Å². The Balaban J connectivity index is 1.52. The predicted octanol–water partition coefficient (Wildman–Crippen LogP) is 3.38. The van der Waals surface area contributed by atoms with Gasteiger partial charge >= 0.3 is 0 Å². The van der Waals surface area contributed by atoms with E-state index in [9.17, 15) is 18.4 Å². The molecule has 2 aromatic rings. The topological polar surface area (TPSA) is 58.2 Å². The highest BCUT2D eigenvalue weighted by molar-refractivity contribution is 7.10. The number of hydrogen-bond acceptors (Lipinski definition) is 3. The fourth-order valence-corrected chi connectivity index (χ4v) is 4.36. The summed E-state index contributed by atoms with van der Waals surface area (Å²) in [5.74, 6) is -3.03. The number of halogens is 2. The molecule has 0 spiro atoms. The van der Waals surface area contributed by atoms with E-state index in [1.807, 2.05) is 11.4 Å². The summed E-state index contributed by atoms with van der Waals surface area (Å²) in [5, 5.41) is 7.37. The van der Waals surface area contributed by atoms with Crippen LogP contribution in [-0.4, -0.2) is 24.9 Å². The number of nitrogens with one attached hydrogen (secondary N) is 2. The number of hydrogen-bond donors (Lipinski definition) is 2. The number of amides is 2. The maximum absolute atomic E-state index is 13.2. The Labute approximate surface area is 154 Å². The molecule has 2 N–H and O–H groups in total. The van der Waals surface area contributed by atoms with Gasteiger partial charge in [0.1, 0.15) is 0 Å². The molecule has 0 bridgehead atoms. The minimum absolute atomic E-state index is 0.0199. The van der Waals surface area contributed by atoms with Crippen molar-refractivity contribution in [2.75, 3.05) is 13.1 Å². The van der Waals surface area contributed by atoms with E-state index in [0.717, 1.165) is 37.8 Å². The van der Waals surface area contributed by atoms with Crippen molar-refractivity contribution in [2.24, 2.45) is 0 Å². The third-order valence-corrected chi connectivity index (χ3v) is 5.94. The van der Waals surface area contributed by atoms with Crippen LogP contribution in [0, 0.1) is 11.6 Å². The summed E-state index contributed by atoms with van der Waals surface area (Å²) in [7, 11) is 0. The number of carbonyl (C=O) groups is 2. The smallest absolute Gasteiger partial charge is 0.251 e. The van der Waals surface area contributed by atoms with Crippen LogP contribution in [0.2, 0.25) is 0 Å². The van der Waals surface area contributed by atoms with Crippen molar-refractivity contribution in [3.63, 3.8) is 0 Å². The molecule has 1 aliphatic rings. The summed E-state index contributed by atoms with van der Waals surface area (Å²) in [6.07, 6.45) is 4.35. The average molecular weight is 378 g/mol. The third-order valence-electron chi connectivity index (χ3n) is 4.82. The van der Waals surface area contributed by atoms with Gasteiger partial charge in [0.05, 0.1) is 6.54 Å². The molecule has 26 heavy (non-hydrogen) atoms. The Morgan fingerprint density at radius 3 is 2.50 bits per heavy atom. The standard InChI is InChI=1S/C19H20F2N2O2S/c20-14-6-5-13(10-15(14)21)18(25)22-11-17(24)23-12-19(7-1-2-8-19)16-4-3-9-26-16/h3-6,9-10H,1-2,7-8,11-12H2,(H,22,25)(H,23,24). The lowest BCUT2D eigenvalue weighted by Gasteiger charge is -2.28. The van der Waals surface area contributed by atoms with Crippen LogP contribution in [0.15, 0.2) is 35.7 Å². The van der Waals surface area contributed by atoms with Crippen LogP contribution in [0.25, 0.3) is 0 Å². The maximum atomic E-state index is 13.2. The van der Waals surface area contributed by atoms with Crippen molar-refractivity contribution >= 4 is 23.2 Å². The summed E-state index contributed by atoms with van der Waals surface area (Å²) in [6.45, 7) is 0.325. The van der Waals surface area contributed by atoms with Crippen molar-refractivity contribution in [1.29, 1.82) is 0 Å². The normalized spacial score (nSPS) is 15.6. The monoisotopic (exact) mass is 378 g/mol. The summed E-state index contributed by atoms with van der Waals surface area (Å²) in [5.41, 5.74) is -0.0453. The molecular formula is C19H20F2N2O2S. The molecule has 1 aromatic heterocycles. The molecule has 2 amide bonds. The molecule has 138 valence electrons. The number of benzene rings is 1. The lowest BCUT2D eigenvalue weighted by Crippen LogP contribution is -2.43. The first-order valence-electron chi connectivity index (χ1n) is 8.54. The average Bonchev–Trinajstić information content (AvgIpc) is 3.32. The van der Waals surface area contributed by atoms with Crippen LogP contribution in [-0.2, 0) is 10.2 Å². The lowest BCUT2D eigenvalue weighted by molar-refractivity contribution is -0.120. The van der Waals surface area contributed by atoms with E-state index >= 15 is 0 Å². The Morgan fingerprint density at radius 2 is 1.85 bits per heavy atom. The molecule has 7 heteroatoms. The van der Waals surface area contributed by atoms with E-state index in [4.69, 9.17) is 0 Å². The lowest BCUT2D eigenvalue weighted by atomic mass is 9.84. The van der Waals surface area contributed by atoms with E-state index in [1.54, 1.807) is 11.3 Å². The SMILES string of the molecule is O=C(CNC(=O)c1ccc(F)c(F)c1)NCC1(c2cccs2)CCCC1. The molecule has 0 atom stereocenters. The Morgan fingerprint density at radius 1 is 1.08 bits per heavy atom. The van der Waals surface area contributed by atoms with Gasteiger partial charge in [-0.25, -0.2) is 8.78 Å². The van der Waals surface area contributed by atoms with E-state index in [2.05, 4.69) is 16.7 Å². The van der Waals surface area contributed by atoms with Crippen LogP contribution < -0.4 is 10.6 Å². The third kappa shape index (κ3) is 4.09. The van der Waals surface area contributed by atoms with Gasteiger partial charge in [0.15, 0.2) is 11.6 Å². The van der Waals surface area contributed by atoms with Crippen LogP contribution in [0.3, 0.4) is 0 Å². The highest BCUT2D eigenvalue weighted by atomic mass is 32.1. The molecule has 1 fully saturated rings. The molecule has 1 saturated carbocycles. The van der Waals surface area contributed by atoms with Gasteiger partial charge in [0.2, 0.25) is 5.91 Å². The maximum Gasteiger partial charge on any atom is 0.251 e. The molecule has 3 rings (SSSR count). The molecule has 4 nitrogen and oxygen atoms in total. The van der Waals surface area contributed by atoms with Gasteiger partial charge < -0.3 is 10.6 Å². The van der Waals surface area contributed by atoms with Crippen LogP contribution in [0.1, 0.15) is 40.9 Å². The molecule has 0 aliphatic heterocycles. The summed E-state index contributed by atoms with van der Waals surface area (Å²) >= 11 is 1.70. The van der Waals surface area contributed by atoms with Crippen molar-refractivity contribution in [3.8, 4) is 0 Å². The van der Waals surface area contributed by atoms with Crippen molar-refractivity contribution in [3.05, 3.63) is 57.8 Å². The predicted molar refractivity (Wildman–Crippen MR) is 96.2 cm³/mol. The Kier molecular flexibility index (Phi) is 5.66. The van der Waals surface area contributed by atoms with Gasteiger partial charge in [-0.2, -0.15) is 0 Å². The number of rotatable bonds is 6. The second kappa shape index (κ2) is 7.95. The van der Waals surface area contributed by atoms with E-state index in [0.29, 0.717) is 6.54 Å². The molecule has 1 heterocycles. The first-order chi connectivity index (χ1) is 12.5. The van der Waals surface area contributed by atoms with Gasteiger partial charge in [-0.05, 0) is 42.5 Å². The van der Waals surface area contributed by atoms with Crippen LogP contribution in [0.5, 0.6) is 0 Å². The number of carbonyl (C=O) groups excluding carboxylic acids is 2. The van der Waals surface area contributed by atoms with Crippen molar-refractivity contribution in [1.82, 2.24) is 10.6 Å². The number of thiophene rings is 1. The molecule has 0 saturated heterocycles. The summed E-state index contributed by atoms with van der Waals surface area (Å²) < 4.78 is 26.1. The van der Waals surface area contributed by atoms with E-state index in [1.165, 1.54) is 10.9 Å². The van der Waals surface area contributed by atoms with Crippen LogP contribution in [0.4, 0.5) is 8.78 Å². The molecule has 0 radical (unpaired) electrons. The summed E-state index contributed by atoms with van der Waals surface area (Å²) in [4.78, 5) is 25.3. The molecule has 1 aliphatic carbocycles. The molecule has 1 aromatic carbocycles. The van der Waals surface area contributed by atoms with E-state index < -0.39 is 17.5 Å².